The maximum atomic E-state index is 12.0. The van der Waals surface area contributed by atoms with Crippen LogP contribution in [0.2, 0.25) is 0 Å². The van der Waals surface area contributed by atoms with Crippen molar-refractivity contribution in [3.8, 4) is 0 Å². The summed E-state index contributed by atoms with van der Waals surface area (Å²) >= 11 is 0. The second kappa shape index (κ2) is 7.30. The third kappa shape index (κ3) is 5.20. The number of carbonyl (C=O) groups is 2. The molecule has 1 amide bonds. The van der Waals surface area contributed by atoms with Crippen molar-refractivity contribution < 1.29 is 14.7 Å². The number of hydrogen-bond donors (Lipinski definition) is 1. The molecule has 0 aromatic rings. The lowest BCUT2D eigenvalue weighted by Crippen LogP contribution is -2.47. The van der Waals surface area contributed by atoms with Gasteiger partial charge in [-0.15, -0.1) is 0 Å². The predicted molar refractivity (Wildman–Crippen MR) is 67.8 cm³/mol. The molecule has 2 unspecified atom stereocenters. The Morgan fingerprint density at radius 2 is 1.71 bits per heavy atom. The van der Waals surface area contributed by atoms with Crippen molar-refractivity contribution in [1.29, 1.82) is 0 Å². The van der Waals surface area contributed by atoms with Crippen molar-refractivity contribution >= 4 is 11.9 Å². The minimum absolute atomic E-state index is 0.0600. The standard InChI is InChI=1S/C13H25NO3/c1-6-10(4)7-8-12(15)14(9(2)3)11(5)13(16)17/h9-11H,6-8H2,1-5H3,(H,16,17). The summed E-state index contributed by atoms with van der Waals surface area (Å²) in [5.74, 6) is -0.501. The molecule has 0 aliphatic carbocycles. The van der Waals surface area contributed by atoms with E-state index in [0.717, 1.165) is 12.8 Å². The van der Waals surface area contributed by atoms with Gasteiger partial charge in [-0.25, -0.2) is 4.79 Å². The first-order chi connectivity index (χ1) is 7.81. The van der Waals surface area contributed by atoms with Gasteiger partial charge in [0.25, 0.3) is 0 Å². The Morgan fingerprint density at radius 1 is 1.18 bits per heavy atom. The zero-order valence-corrected chi connectivity index (χ0v) is 11.6. The topological polar surface area (TPSA) is 57.6 Å². The average molecular weight is 243 g/mol. The van der Waals surface area contributed by atoms with E-state index >= 15 is 0 Å². The number of carboxylic acid groups (broad SMARTS) is 1. The van der Waals surface area contributed by atoms with Crippen LogP contribution in [0.3, 0.4) is 0 Å². The first kappa shape index (κ1) is 15.9. The summed E-state index contributed by atoms with van der Waals surface area (Å²) in [5, 5.41) is 8.98. The lowest BCUT2D eigenvalue weighted by atomic mass is 10.0. The molecule has 0 saturated heterocycles. The minimum Gasteiger partial charge on any atom is -0.480 e. The van der Waals surface area contributed by atoms with Crippen molar-refractivity contribution in [2.75, 3.05) is 0 Å². The zero-order valence-electron chi connectivity index (χ0n) is 11.6. The third-order valence-electron chi connectivity index (χ3n) is 3.17. The number of carboxylic acids is 1. The van der Waals surface area contributed by atoms with E-state index in [2.05, 4.69) is 13.8 Å². The van der Waals surface area contributed by atoms with Crippen LogP contribution in [0.1, 0.15) is 53.9 Å². The van der Waals surface area contributed by atoms with E-state index in [-0.39, 0.29) is 11.9 Å². The number of rotatable bonds is 7. The van der Waals surface area contributed by atoms with Gasteiger partial charge in [-0.05, 0) is 33.1 Å². The Kier molecular flexibility index (Phi) is 6.85. The Bertz CT molecular complexity index is 263. The maximum Gasteiger partial charge on any atom is 0.326 e. The van der Waals surface area contributed by atoms with E-state index in [9.17, 15) is 9.59 Å². The van der Waals surface area contributed by atoms with Gasteiger partial charge in [-0.2, -0.15) is 0 Å². The average Bonchev–Trinajstić information content (AvgIpc) is 2.25. The number of amides is 1. The Balaban J connectivity index is 4.51. The lowest BCUT2D eigenvalue weighted by Gasteiger charge is -2.30. The molecule has 4 nitrogen and oxygen atoms in total. The molecule has 0 aromatic carbocycles. The van der Waals surface area contributed by atoms with Gasteiger partial charge in [0.05, 0.1) is 0 Å². The molecule has 0 saturated carbocycles. The molecule has 0 heterocycles. The monoisotopic (exact) mass is 243 g/mol. The van der Waals surface area contributed by atoms with E-state index < -0.39 is 12.0 Å². The molecular formula is C13H25NO3. The Hall–Kier alpha value is -1.06. The predicted octanol–water partition coefficient (Wildman–Crippen LogP) is 2.52. The van der Waals surface area contributed by atoms with Crippen molar-refractivity contribution in [2.45, 2.75) is 66.0 Å². The Morgan fingerprint density at radius 3 is 2.06 bits per heavy atom. The highest BCUT2D eigenvalue weighted by Crippen LogP contribution is 2.14. The SMILES string of the molecule is CCC(C)CCC(=O)N(C(C)C)C(C)C(=O)O. The summed E-state index contributed by atoms with van der Waals surface area (Å²) in [4.78, 5) is 24.4. The number of carbonyl (C=O) groups excluding carboxylic acids is 1. The third-order valence-corrected chi connectivity index (χ3v) is 3.17. The maximum absolute atomic E-state index is 12.0. The van der Waals surface area contributed by atoms with Gasteiger partial charge in [-0.1, -0.05) is 20.3 Å². The van der Waals surface area contributed by atoms with Crippen LogP contribution in [0.4, 0.5) is 0 Å². The lowest BCUT2D eigenvalue weighted by molar-refractivity contribution is -0.151. The largest absolute Gasteiger partial charge is 0.480 e. The molecule has 0 fully saturated rings. The number of nitrogens with zero attached hydrogens (tertiary/aromatic N) is 1. The quantitative estimate of drug-likeness (QED) is 0.747. The second-order valence-electron chi connectivity index (χ2n) is 4.96. The molecule has 0 aromatic heterocycles. The van der Waals surface area contributed by atoms with Crippen molar-refractivity contribution in [3.63, 3.8) is 0 Å². The molecule has 2 atom stereocenters. The van der Waals surface area contributed by atoms with Crippen molar-refractivity contribution in [2.24, 2.45) is 5.92 Å². The molecule has 0 rings (SSSR count). The van der Waals surface area contributed by atoms with Crippen LogP contribution in [-0.4, -0.2) is 34.0 Å². The first-order valence-electron chi connectivity index (χ1n) is 6.35. The fourth-order valence-corrected chi connectivity index (χ4v) is 1.77. The fourth-order valence-electron chi connectivity index (χ4n) is 1.77. The molecule has 0 bridgehead atoms. The van der Waals surface area contributed by atoms with E-state index in [1.54, 1.807) is 6.92 Å². The molecule has 0 spiro atoms. The smallest absolute Gasteiger partial charge is 0.326 e. The molecule has 0 radical (unpaired) electrons. The van der Waals surface area contributed by atoms with Crippen LogP contribution in [0.15, 0.2) is 0 Å². The van der Waals surface area contributed by atoms with E-state index in [4.69, 9.17) is 5.11 Å². The summed E-state index contributed by atoms with van der Waals surface area (Å²) in [6.07, 6.45) is 2.30. The highest BCUT2D eigenvalue weighted by atomic mass is 16.4. The molecule has 17 heavy (non-hydrogen) atoms. The van der Waals surface area contributed by atoms with Crippen LogP contribution in [0.25, 0.3) is 0 Å². The van der Waals surface area contributed by atoms with Crippen molar-refractivity contribution in [1.82, 2.24) is 4.90 Å². The number of hydrogen-bond acceptors (Lipinski definition) is 2. The fraction of sp³-hybridized carbons (Fsp3) is 0.846. The van der Waals surface area contributed by atoms with Crippen LogP contribution in [0.5, 0.6) is 0 Å². The van der Waals surface area contributed by atoms with Gasteiger partial charge < -0.3 is 10.0 Å². The van der Waals surface area contributed by atoms with Gasteiger partial charge in [0, 0.05) is 12.5 Å². The minimum atomic E-state index is -0.949. The first-order valence-corrected chi connectivity index (χ1v) is 6.35. The Labute approximate surface area is 104 Å². The summed E-state index contributed by atoms with van der Waals surface area (Å²) in [7, 11) is 0. The molecule has 100 valence electrons. The normalized spacial score (nSPS) is 14.5. The zero-order chi connectivity index (χ0) is 13.6. The van der Waals surface area contributed by atoms with Crippen LogP contribution in [-0.2, 0) is 9.59 Å². The van der Waals surface area contributed by atoms with Crippen molar-refractivity contribution in [3.05, 3.63) is 0 Å². The highest BCUT2D eigenvalue weighted by molar-refractivity contribution is 5.83. The van der Waals surface area contributed by atoms with Gasteiger partial charge in [0.2, 0.25) is 5.91 Å². The molecule has 1 N–H and O–H groups in total. The van der Waals surface area contributed by atoms with Crippen LogP contribution < -0.4 is 0 Å². The molecule has 0 aliphatic heterocycles. The van der Waals surface area contributed by atoms with Crippen LogP contribution >= 0.6 is 0 Å². The molecule has 0 aliphatic rings. The van der Waals surface area contributed by atoms with E-state index in [1.165, 1.54) is 4.90 Å². The summed E-state index contributed by atoms with van der Waals surface area (Å²) in [6, 6.07) is -0.829. The summed E-state index contributed by atoms with van der Waals surface area (Å²) in [6.45, 7) is 9.45. The van der Waals surface area contributed by atoms with Crippen LogP contribution in [0, 0.1) is 5.92 Å². The summed E-state index contributed by atoms with van der Waals surface area (Å²) < 4.78 is 0. The molecular weight excluding hydrogens is 218 g/mol. The van der Waals surface area contributed by atoms with Gasteiger partial charge in [0.15, 0.2) is 0 Å². The van der Waals surface area contributed by atoms with E-state index in [0.29, 0.717) is 12.3 Å². The van der Waals surface area contributed by atoms with Gasteiger partial charge in [-0.3, -0.25) is 4.79 Å². The number of aliphatic carboxylic acids is 1. The van der Waals surface area contributed by atoms with Gasteiger partial charge in [0.1, 0.15) is 6.04 Å². The van der Waals surface area contributed by atoms with E-state index in [1.807, 2.05) is 13.8 Å². The van der Waals surface area contributed by atoms with Gasteiger partial charge >= 0.3 is 5.97 Å². The summed E-state index contributed by atoms with van der Waals surface area (Å²) in [5.41, 5.74) is 0. The highest BCUT2D eigenvalue weighted by Gasteiger charge is 2.27. The second-order valence-corrected chi connectivity index (χ2v) is 4.96. The molecule has 4 heteroatoms.